The highest BCUT2D eigenvalue weighted by Crippen LogP contribution is 2.61. The summed E-state index contributed by atoms with van der Waals surface area (Å²) < 4.78 is 11.7. The predicted molar refractivity (Wildman–Crippen MR) is 151 cm³/mol. The van der Waals surface area contributed by atoms with Crippen molar-refractivity contribution in [2.75, 3.05) is 18.6 Å². The van der Waals surface area contributed by atoms with Gasteiger partial charge in [-0.2, -0.15) is 0 Å². The molecule has 7 rings (SSSR count). The van der Waals surface area contributed by atoms with Crippen LogP contribution in [-0.2, 0) is 10.2 Å². The van der Waals surface area contributed by atoms with Crippen molar-refractivity contribution in [2.45, 2.75) is 50.9 Å². The maximum atomic E-state index is 13.5. The number of hydrogen-bond donors (Lipinski definition) is 0. The van der Waals surface area contributed by atoms with E-state index < -0.39 is 0 Å². The molecule has 0 spiro atoms. The van der Waals surface area contributed by atoms with Gasteiger partial charge >= 0.3 is 0 Å². The second-order valence-electron chi connectivity index (χ2n) is 10.7. The van der Waals surface area contributed by atoms with E-state index >= 15 is 0 Å². The number of halogens is 1. The van der Waals surface area contributed by atoms with E-state index in [1.807, 2.05) is 13.0 Å². The molecular weight excluding hydrogens is 510 g/mol. The number of amides is 1. The normalized spacial score (nSPS) is 29.9. The molecule has 4 nitrogen and oxygen atoms in total. The lowest BCUT2D eigenvalue weighted by Crippen LogP contribution is -2.48. The lowest BCUT2D eigenvalue weighted by atomic mass is 9.48. The highest BCUT2D eigenvalue weighted by atomic mass is 35.5. The van der Waals surface area contributed by atoms with Gasteiger partial charge in [0.1, 0.15) is 11.5 Å². The molecule has 1 aliphatic heterocycles. The van der Waals surface area contributed by atoms with E-state index in [1.165, 1.54) is 55.9 Å². The minimum atomic E-state index is -0.145. The van der Waals surface area contributed by atoms with Crippen LogP contribution in [0, 0.1) is 17.8 Å². The molecule has 36 heavy (non-hydrogen) atoms. The van der Waals surface area contributed by atoms with Gasteiger partial charge in [0.2, 0.25) is 0 Å². The second kappa shape index (κ2) is 9.38. The second-order valence-corrected chi connectivity index (χ2v) is 12.8. The van der Waals surface area contributed by atoms with E-state index in [-0.39, 0.29) is 11.3 Å². The number of nitrogens with zero attached hydrogens (tertiary/aromatic N) is 1. The zero-order valence-corrected chi connectivity index (χ0v) is 23.0. The van der Waals surface area contributed by atoms with Crippen LogP contribution in [0.5, 0.6) is 11.5 Å². The molecule has 0 radical (unpaired) electrons. The van der Waals surface area contributed by atoms with Crippen molar-refractivity contribution in [1.82, 2.24) is 0 Å². The Bertz CT molecular complexity index is 1240. The van der Waals surface area contributed by atoms with Gasteiger partial charge in [0, 0.05) is 5.56 Å². The van der Waals surface area contributed by atoms with Crippen molar-refractivity contribution in [1.29, 1.82) is 0 Å². The smallest absolute Gasteiger partial charge is 0.270 e. The van der Waals surface area contributed by atoms with Crippen LogP contribution in [0.25, 0.3) is 6.08 Å². The van der Waals surface area contributed by atoms with Gasteiger partial charge in [-0.3, -0.25) is 9.69 Å². The van der Waals surface area contributed by atoms with Crippen LogP contribution in [0.4, 0.5) is 5.69 Å². The summed E-state index contributed by atoms with van der Waals surface area (Å²) in [5.74, 6) is 3.85. The lowest BCUT2D eigenvalue weighted by molar-refractivity contribution is -0.113. The molecule has 2 aromatic carbocycles. The summed E-state index contributed by atoms with van der Waals surface area (Å²) in [5.41, 5.74) is 3.28. The number of benzene rings is 2. The number of anilines is 1. The van der Waals surface area contributed by atoms with E-state index in [9.17, 15) is 4.79 Å². The number of thioether (sulfide) groups is 1. The molecule has 7 heteroatoms. The molecule has 5 fully saturated rings. The van der Waals surface area contributed by atoms with E-state index in [4.69, 9.17) is 33.3 Å². The third-order valence-electron chi connectivity index (χ3n) is 8.43. The Morgan fingerprint density at radius 3 is 2.36 bits per heavy atom. The first-order valence-electron chi connectivity index (χ1n) is 12.8. The topological polar surface area (TPSA) is 38.8 Å². The van der Waals surface area contributed by atoms with Crippen LogP contribution >= 0.6 is 35.6 Å². The average molecular weight is 540 g/mol. The Kier molecular flexibility index (Phi) is 6.33. The van der Waals surface area contributed by atoms with Crippen molar-refractivity contribution in [2.24, 2.45) is 17.8 Å². The maximum Gasteiger partial charge on any atom is 0.270 e. The van der Waals surface area contributed by atoms with Crippen LogP contribution in [0.1, 0.15) is 56.6 Å². The van der Waals surface area contributed by atoms with Crippen molar-refractivity contribution in [3.05, 3.63) is 57.5 Å². The molecule has 2 aromatic rings. The van der Waals surface area contributed by atoms with Crippen molar-refractivity contribution >= 4 is 57.6 Å². The van der Waals surface area contributed by atoms with Crippen molar-refractivity contribution in [3.63, 3.8) is 0 Å². The Balaban J connectivity index is 1.35. The number of ether oxygens (including phenoxy) is 2. The summed E-state index contributed by atoms with van der Waals surface area (Å²) in [7, 11) is 1.57. The summed E-state index contributed by atoms with van der Waals surface area (Å²) in [6, 6.07) is 11.9. The number of hydrogen-bond acceptors (Lipinski definition) is 5. The Hall–Kier alpha value is -2.02. The summed E-state index contributed by atoms with van der Waals surface area (Å²) in [6.07, 6.45) is 10.1. The Morgan fingerprint density at radius 1 is 1.08 bits per heavy atom. The first-order valence-corrected chi connectivity index (χ1v) is 14.4. The third-order valence-corrected chi connectivity index (χ3v) is 10.0. The molecule has 0 atom stereocenters. The quantitative estimate of drug-likeness (QED) is 0.279. The predicted octanol–water partition coefficient (Wildman–Crippen LogP) is 7.62. The fourth-order valence-electron chi connectivity index (χ4n) is 7.37. The largest absolute Gasteiger partial charge is 0.495 e. The zero-order chi connectivity index (χ0) is 25.0. The summed E-state index contributed by atoms with van der Waals surface area (Å²) in [4.78, 5) is 15.6. The van der Waals surface area contributed by atoms with Gasteiger partial charge in [-0.05, 0) is 111 Å². The van der Waals surface area contributed by atoms with Gasteiger partial charge in [-0.1, -0.05) is 41.6 Å². The van der Waals surface area contributed by atoms with Crippen LogP contribution in [0.2, 0.25) is 5.02 Å². The molecule has 1 amide bonds. The third kappa shape index (κ3) is 4.15. The minimum Gasteiger partial charge on any atom is -0.495 e. The fourth-order valence-corrected chi connectivity index (χ4v) is 8.91. The van der Waals surface area contributed by atoms with E-state index in [2.05, 4.69) is 18.2 Å². The van der Waals surface area contributed by atoms with Crippen LogP contribution in [-0.4, -0.2) is 23.9 Å². The molecule has 4 bridgehead atoms. The van der Waals surface area contributed by atoms with Crippen LogP contribution in [0.15, 0.2) is 41.3 Å². The van der Waals surface area contributed by atoms with Gasteiger partial charge in [0.25, 0.3) is 5.91 Å². The van der Waals surface area contributed by atoms with Gasteiger partial charge in [0.05, 0.1) is 29.3 Å². The number of thiocarbonyl (C=S) groups is 1. The molecule has 5 aliphatic rings. The Morgan fingerprint density at radius 2 is 1.75 bits per heavy atom. The number of rotatable bonds is 6. The Labute approximate surface area is 227 Å². The molecule has 1 heterocycles. The summed E-state index contributed by atoms with van der Waals surface area (Å²) in [5, 5.41) is 0.440. The van der Waals surface area contributed by atoms with Gasteiger partial charge in [-0.25, -0.2) is 0 Å². The van der Waals surface area contributed by atoms with Gasteiger partial charge in [-0.15, -0.1) is 0 Å². The monoisotopic (exact) mass is 539 g/mol. The van der Waals surface area contributed by atoms with Gasteiger partial charge in [0.15, 0.2) is 4.32 Å². The molecule has 4 saturated carbocycles. The lowest BCUT2D eigenvalue weighted by Gasteiger charge is -2.57. The highest BCUT2D eigenvalue weighted by Gasteiger charge is 2.51. The molecule has 1 saturated heterocycles. The maximum absolute atomic E-state index is 13.5. The summed E-state index contributed by atoms with van der Waals surface area (Å²) in [6.45, 7) is 2.56. The van der Waals surface area contributed by atoms with E-state index in [0.29, 0.717) is 32.3 Å². The minimum absolute atomic E-state index is 0.145. The van der Waals surface area contributed by atoms with Crippen molar-refractivity contribution < 1.29 is 14.3 Å². The average Bonchev–Trinajstić information content (AvgIpc) is 3.12. The molecular formula is C29H30ClNO3S2. The zero-order valence-electron chi connectivity index (χ0n) is 20.6. The number of methoxy groups -OCH3 is 1. The fraction of sp³-hybridized carbons (Fsp3) is 0.448. The standard InChI is InChI=1S/C29H30ClNO3S2/c1-3-34-24-6-4-21(29-14-17-8-18(15-29)10-19(9-17)16-29)11-20(24)12-26-27(32)31(28(35)36-26)22-5-7-25(33-2)23(30)13-22/h4-7,11-13,17-19H,3,8-10,14-16H2,1-2H3/b26-12+. The van der Waals surface area contributed by atoms with Crippen LogP contribution in [0.3, 0.4) is 0 Å². The van der Waals surface area contributed by atoms with E-state index in [0.717, 1.165) is 29.1 Å². The molecule has 188 valence electrons. The molecule has 0 unspecified atom stereocenters. The molecule has 4 aliphatic carbocycles. The summed E-state index contributed by atoms with van der Waals surface area (Å²) >= 11 is 13.3. The molecule has 0 N–H and O–H groups in total. The highest BCUT2D eigenvalue weighted by molar-refractivity contribution is 8.27. The van der Waals surface area contributed by atoms with E-state index in [1.54, 1.807) is 30.2 Å². The van der Waals surface area contributed by atoms with Crippen LogP contribution < -0.4 is 14.4 Å². The SMILES string of the molecule is CCOc1ccc(C23CC4CC(CC(C4)C2)C3)cc1/C=C1/SC(=S)N(c2ccc(OC)c(Cl)c2)C1=O. The molecule has 0 aromatic heterocycles. The number of carbonyl (C=O) groups excluding carboxylic acids is 1. The first-order chi connectivity index (χ1) is 17.4. The van der Waals surface area contributed by atoms with Crippen molar-refractivity contribution in [3.8, 4) is 11.5 Å². The first kappa shape index (κ1) is 24.3. The van der Waals surface area contributed by atoms with Gasteiger partial charge < -0.3 is 9.47 Å². The number of carbonyl (C=O) groups is 1.